The first kappa shape index (κ1) is 4.68. The molecule has 0 fully saturated rings. The standard InChI is InChI=1S/C7H8N2/c1-6-5-8-7-3-2-4-9(6)7/h2-5,8H,1H3. The maximum atomic E-state index is 3.13. The van der Waals surface area contributed by atoms with Crippen molar-refractivity contribution in [1.29, 1.82) is 0 Å². The molecule has 1 N–H and O–H groups in total. The molecule has 0 aliphatic rings. The second-order valence-corrected chi connectivity index (χ2v) is 2.19. The Morgan fingerprint density at radius 3 is 3.22 bits per heavy atom. The number of fused-ring (bicyclic) bond motifs is 1. The van der Waals surface area contributed by atoms with Gasteiger partial charge in [0.25, 0.3) is 0 Å². The molecule has 2 nitrogen and oxygen atoms in total. The van der Waals surface area contributed by atoms with Gasteiger partial charge in [-0.15, -0.1) is 0 Å². The number of nitrogens with zero attached hydrogens (tertiary/aromatic N) is 1. The number of H-pyrrole nitrogens is 1. The first-order valence-electron chi connectivity index (χ1n) is 2.99. The Morgan fingerprint density at radius 2 is 2.44 bits per heavy atom. The molecule has 0 radical (unpaired) electrons. The monoisotopic (exact) mass is 120 g/mol. The Hall–Kier alpha value is -1.18. The fourth-order valence-electron chi connectivity index (χ4n) is 1.05. The predicted molar refractivity (Wildman–Crippen MR) is 36.5 cm³/mol. The summed E-state index contributed by atoms with van der Waals surface area (Å²) in [5.74, 6) is 0. The third kappa shape index (κ3) is 0.499. The smallest absolute Gasteiger partial charge is 0.114 e. The van der Waals surface area contributed by atoms with Crippen LogP contribution in [0.1, 0.15) is 5.69 Å². The summed E-state index contributed by atoms with van der Waals surface area (Å²) in [7, 11) is 0. The summed E-state index contributed by atoms with van der Waals surface area (Å²) in [5.41, 5.74) is 2.41. The maximum absolute atomic E-state index is 3.13. The highest BCUT2D eigenvalue weighted by Gasteiger charge is 1.93. The van der Waals surface area contributed by atoms with Crippen molar-refractivity contribution in [2.24, 2.45) is 0 Å². The SMILES string of the molecule is Cc1c[nH]c2cccn12. The summed E-state index contributed by atoms with van der Waals surface area (Å²) in [6.45, 7) is 2.07. The molecule has 9 heavy (non-hydrogen) atoms. The zero-order chi connectivity index (χ0) is 6.27. The number of aryl methyl sites for hydroxylation is 1. The number of nitrogens with one attached hydrogen (secondary N) is 1. The van der Waals surface area contributed by atoms with Crippen LogP contribution in [0.4, 0.5) is 0 Å². The predicted octanol–water partition coefficient (Wildman–Crippen LogP) is 1.58. The van der Waals surface area contributed by atoms with Gasteiger partial charge in [0.2, 0.25) is 0 Å². The Labute approximate surface area is 53.1 Å². The van der Waals surface area contributed by atoms with E-state index in [1.165, 1.54) is 5.69 Å². The average Bonchev–Trinajstić information content (AvgIpc) is 2.35. The van der Waals surface area contributed by atoms with Crippen LogP contribution in [0.25, 0.3) is 5.65 Å². The first-order chi connectivity index (χ1) is 4.38. The van der Waals surface area contributed by atoms with Gasteiger partial charge in [-0.1, -0.05) is 0 Å². The molecule has 0 saturated carbocycles. The van der Waals surface area contributed by atoms with Crippen LogP contribution < -0.4 is 0 Å². The summed E-state index contributed by atoms with van der Waals surface area (Å²) in [6, 6.07) is 4.08. The third-order valence-electron chi connectivity index (χ3n) is 1.56. The molecule has 0 bridgehead atoms. The Morgan fingerprint density at radius 1 is 1.56 bits per heavy atom. The van der Waals surface area contributed by atoms with E-state index in [9.17, 15) is 0 Å². The van der Waals surface area contributed by atoms with E-state index < -0.39 is 0 Å². The van der Waals surface area contributed by atoms with Crippen LogP contribution in [0.2, 0.25) is 0 Å². The summed E-state index contributed by atoms with van der Waals surface area (Å²) < 4.78 is 2.11. The van der Waals surface area contributed by atoms with Gasteiger partial charge in [-0.2, -0.15) is 0 Å². The van der Waals surface area contributed by atoms with Crippen molar-refractivity contribution in [1.82, 2.24) is 9.38 Å². The molecule has 0 unspecified atom stereocenters. The second-order valence-electron chi connectivity index (χ2n) is 2.19. The zero-order valence-corrected chi connectivity index (χ0v) is 5.26. The minimum absolute atomic E-state index is 1.16. The molecule has 0 aliphatic heterocycles. The molecule has 0 saturated heterocycles. The average molecular weight is 120 g/mol. The number of imidazole rings is 1. The van der Waals surface area contributed by atoms with Crippen molar-refractivity contribution in [3.05, 3.63) is 30.2 Å². The van der Waals surface area contributed by atoms with E-state index in [1.807, 2.05) is 24.5 Å². The molecule has 2 rings (SSSR count). The summed E-state index contributed by atoms with van der Waals surface area (Å²) >= 11 is 0. The van der Waals surface area contributed by atoms with E-state index >= 15 is 0 Å². The van der Waals surface area contributed by atoms with Crippen LogP contribution in [0.15, 0.2) is 24.5 Å². The highest BCUT2D eigenvalue weighted by Crippen LogP contribution is 2.04. The minimum Gasteiger partial charge on any atom is -0.346 e. The quantitative estimate of drug-likeness (QED) is 0.544. The summed E-state index contributed by atoms with van der Waals surface area (Å²) in [5, 5.41) is 0. The van der Waals surface area contributed by atoms with Gasteiger partial charge in [0.15, 0.2) is 0 Å². The van der Waals surface area contributed by atoms with Crippen molar-refractivity contribution in [3.63, 3.8) is 0 Å². The first-order valence-corrected chi connectivity index (χ1v) is 2.99. The zero-order valence-electron chi connectivity index (χ0n) is 5.26. The second kappa shape index (κ2) is 1.41. The highest BCUT2D eigenvalue weighted by atomic mass is 15.0. The number of rotatable bonds is 0. The Balaban J connectivity index is 2.99. The van der Waals surface area contributed by atoms with Gasteiger partial charge in [-0.05, 0) is 19.1 Å². The highest BCUT2D eigenvalue weighted by molar-refractivity contribution is 5.40. The Kier molecular flexibility index (Phi) is 0.730. The molecule has 0 spiro atoms. The molecule has 2 heterocycles. The van der Waals surface area contributed by atoms with E-state index in [2.05, 4.69) is 16.3 Å². The Bertz CT molecular complexity index is 316. The van der Waals surface area contributed by atoms with Gasteiger partial charge < -0.3 is 9.38 Å². The van der Waals surface area contributed by atoms with E-state index in [-0.39, 0.29) is 0 Å². The molecule has 0 atom stereocenters. The largest absolute Gasteiger partial charge is 0.346 e. The van der Waals surface area contributed by atoms with Crippen molar-refractivity contribution in [2.45, 2.75) is 6.92 Å². The summed E-state index contributed by atoms with van der Waals surface area (Å²) in [4.78, 5) is 3.13. The van der Waals surface area contributed by atoms with Crippen LogP contribution >= 0.6 is 0 Å². The molecule has 0 amide bonds. The molecule has 2 aromatic heterocycles. The number of hydrogen-bond acceptors (Lipinski definition) is 0. The van der Waals surface area contributed by atoms with Crippen LogP contribution in [-0.2, 0) is 0 Å². The lowest BCUT2D eigenvalue weighted by Crippen LogP contribution is -1.76. The van der Waals surface area contributed by atoms with Crippen molar-refractivity contribution in [3.8, 4) is 0 Å². The van der Waals surface area contributed by atoms with E-state index in [0.717, 1.165) is 5.65 Å². The van der Waals surface area contributed by atoms with Crippen molar-refractivity contribution < 1.29 is 0 Å². The number of aromatic amines is 1. The van der Waals surface area contributed by atoms with Gasteiger partial charge in [-0.25, -0.2) is 0 Å². The van der Waals surface area contributed by atoms with Gasteiger partial charge >= 0.3 is 0 Å². The van der Waals surface area contributed by atoms with E-state index in [4.69, 9.17) is 0 Å². The number of hydrogen-bond donors (Lipinski definition) is 1. The van der Waals surface area contributed by atoms with Gasteiger partial charge in [-0.3, -0.25) is 0 Å². The summed E-state index contributed by atoms with van der Waals surface area (Å²) in [6.07, 6.45) is 4.04. The van der Waals surface area contributed by atoms with Crippen LogP contribution in [-0.4, -0.2) is 9.38 Å². The van der Waals surface area contributed by atoms with Crippen molar-refractivity contribution >= 4 is 5.65 Å². The van der Waals surface area contributed by atoms with E-state index in [0.29, 0.717) is 0 Å². The van der Waals surface area contributed by atoms with Crippen molar-refractivity contribution in [2.75, 3.05) is 0 Å². The van der Waals surface area contributed by atoms with Crippen LogP contribution in [0.3, 0.4) is 0 Å². The van der Waals surface area contributed by atoms with Crippen LogP contribution in [0, 0.1) is 6.92 Å². The normalized spacial score (nSPS) is 10.8. The maximum Gasteiger partial charge on any atom is 0.114 e. The lowest BCUT2D eigenvalue weighted by molar-refractivity contribution is 1.14. The molecular weight excluding hydrogens is 112 g/mol. The molecule has 2 aromatic rings. The fraction of sp³-hybridized carbons (Fsp3) is 0.143. The molecule has 46 valence electrons. The lowest BCUT2D eigenvalue weighted by Gasteiger charge is -1.83. The minimum atomic E-state index is 1.16. The van der Waals surface area contributed by atoms with Crippen LogP contribution in [0.5, 0.6) is 0 Å². The molecular formula is C7H8N2. The lowest BCUT2D eigenvalue weighted by atomic mass is 10.5. The van der Waals surface area contributed by atoms with Gasteiger partial charge in [0.05, 0.1) is 0 Å². The van der Waals surface area contributed by atoms with E-state index in [1.54, 1.807) is 0 Å². The third-order valence-corrected chi connectivity index (χ3v) is 1.56. The molecule has 2 heteroatoms. The fourth-order valence-corrected chi connectivity index (χ4v) is 1.05. The van der Waals surface area contributed by atoms with Gasteiger partial charge in [0, 0.05) is 18.1 Å². The molecule has 0 aliphatic carbocycles. The molecule has 0 aromatic carbocycles. The van der Waals surface area contributed by atoms with Gasteiger partial charge in [0.1, 0.15) is 5.65 Å². The topological polar surface area (TPSA) is 20.2 Å². The number of aromatic nitrogens is 2.